The van der Waals surface area contributed by atoms with Crippen molar-refractivity contribution in [1.82, 2.24) is 0 Å². The highest BCUT2D eigenvalue weighted by atomic mass is 35.5. The molecule has 6 heteroatoms. The zero-order valence-electron chi connectivity index (χ0n) is 12.6. The SMILES string of the molecule is CC(C)(C)C(=O)SC[C@H]([NH3+])C(=O)OCc1ccccc1.[Cl-]. The van der Waals surface area contributed by atoms with Gasteiger partial charge < -0.3 is 22.9 Å². The largest absolute Gasteiger partial charge is 1.00 e. The molecule has 1 atom stereocenters. The maximum Gasteiger partial charge on any atom is 0.365 e. The number of carbonyl (C=O) groups excluding carboxylic acids is 2. The zero-order chi connectivity index (χ0) is 15.2. The van der Waals surface area contributed by atoms with Crippen molar-refractivity contribution in [3.63, 3.8) is 0 Å². The molecule has 1 aromatic carbocycles. The first-order chi connectivity index (χ1) is 9.30. The van der Waals surface area contributed by atoms with E-state index >= 15 is 0 Å². The van der Waals surface area contributed by atoms with E-state index in [4.69, 9.17) is 4.74 Å². The smallest absolute Gasteiger partial charge is 0.365 e. The molecule has 0 saturated carbocycles. The Labute approximate surface area is 136 Å². The number of ether oxygens (including phenoxy) is 1. The summed E-state index contributed by atoms with van der Waals surface area (Å²) in [6, 6.07) is 8.94. The van der Waals surface area contributed by atoms with Crippen LogP contribution in [0, 0.1) is 5.41 Å². The number of carbonyl (C=O) groups is 2. The second-order valence-electron chi connectivity index (χ2n) is 5.64. The number of thioether (sulfide) groups is 1. The molecule has 0 aromatic heterocycles. The van der Waals surface area contributed by atoms with Gasteiger partial charge in [-0.25, -0.2) is 4.79 Å². The quantitative estimate of drug-likeness (QED) is 0.677. The minimum absolute atomic E-state index is 0. The molecule has 0 bridgehead atoms. The van der Waals surface area contributed by atoms with Gasteiger partial charge >= 0.3 is 5.97 Å². The van der Waals surface area contributed by atoms with Gasteiger partial charge in [-0.2, -0.15) is 0 Å². The first kappa shape index (κ1) is 20.0. The molecule has 0 spiro atoms. The second kappa shape index (κ2) is 9.07. The summed E-state index contributed by atoms with van der Waals surface area (Å²) in [6.07, 6.45) is 0. The zero-order valence-corrected chi connectivity index (χ0v) is 14.2. The van der Waals surface area contributed by atoms with E-state index in [1.807, 2.05) is 51.1 Å². The summed E-state index contributed by atoms with van der Waals surface area (Å²) in [5, 5.41) is 0.0574. The summed E-state index contributed by atoms with van der Waals surface area (Å²) in [7, 11) is 0. The fraction of sp³-hybridized carbons (Fsp3) is 0.467. The van der Waals surface area contributed by atoms with Crippen LogP contribution in [0.2, 0.25) is 0 Å². The Balaban J connectivity index is 0.00000400. The van der Waals surface area contributed by atoms with Crippen LogP contribution in [0.15, 0.2) is 30.3 Å². The molecule has 4 nitrogen and oxygen atoms in total. The van der Waals surface area contributed by atoms with Gasteiger partial charge in [-0.05, 0) is 5.56 Å². The number of quaternary nitrogens is 1. The minimum Gasteiger partial charge on any atom is -1.00 e. The molecular weight excluding hydrogens is 310 g/mol. The Bertz CT molecular complexity index is 460. The number of hydrogen-bond acceptors (Lipinski definition) is 4. The average Bonchev–Trinajstić information content (AvgIpc) is 2.41. The van der Waals surface area contributed by atoms with E-state index < -0.39 is 11.5 Å². The third-order valence-corrected chi connectivity index (χ3v) is 4.03. The van der Waals surface area contributed by atoms with Crippen LogP contribution >= 0.6 is 11.8 Å². The fourth-order valence-electron chi connectivity index (χ4n) is 1.31. The van der Waals surface area contributed by atoms with Gasteiger partial charge in [0.15, 0.2) is 11.2 Å². The molecule has 0 radical (unpaired) electrons. The first-order valence-electron chi connectivity index (χ1n) is 6.51. The van der Waals surface area contributed by atoms with Gasteiger partial charge in [0.2, 0.25) is 0 Å². The van der Waals surface area contributed by atoms with Crippen LogP contribution in [0.3, 0.4) is 0 Å². The van der Waals surface area contributed by atoms with Crippen LogP contribution in [-0.2, 0) is 20.9 Å². The van der Waals surface area contributed by atoms with Crippen molar-refractivity contribution in [1.29, 1.82) is 0 Å². The molecule has 21 heavy (non-hydrogen) atoms. The third kappa shape index (κ3) is 7.50. The highest BCUT2D eigenvalue weighted by molar-refractivity contribution is 8.13. The Kier molecular flexibility index (Phi) is 8.63. The number of benzene rings is 1. The third-order valence-electron chi connectivity index (χ3n) is 2.59. The van der Waals surface area contributed by atoms with Gasteiger partial charge in [-0.15, -0.1) is 0 Å². The fourth-order valence-corrected chi connectivity index (χ4v) is 2.23. The highest BCUT2D eigenvalue weighted by Crippen LogP contribution is 2.22. The number of rotatable bonds is 5. The lowest BCUT2D eigenvalue weighted by atomic mass is 10.00. The average molecular weight is 332 g/mol. The Morgan fingerprint density at radius 1 is 1.24 bits per heavy atom. The molecule has 0 heterocycles. The van der Waals surface area contributed by atoms with Crippen LogP contribution in [0.5, 0.6) is 0 Å². The summed E-state index contributed by atoms with van der Waals surface area (Å²) >= 11 is 1.14. The normalized spacial score (nSPS) is 12.2. The predicted molar refractivity (Wildman–Crippen MR) is 79.8 cm³/mol. The van der Waals surface area contributed by atoms with E-state index in [-0.39, 0.29) is 30.1 Å². The summed E-state index contributed by atoms with van der Waals surface area (Å²) in [5.74, 6) is -0.0212. The van der Waals surface area contributed by atoms with Gasteiger partial charge in [0.1, 0.15) is 6.61 Å². The maximum atomic E-state index is 11.8. The van der Waals surface area contributed by atoms with Crippen molar-refractivity contribution in [3.8, 4) is 0 Å². The lowest BCUT2D eigenvalue weighted by Crippen LogP contribution is -3.00. The highest BCUT2D eigenvalue weighted by Gasteiger charge is 2.26. The van der Waals surface area contributed by atoms with Crippen LogP contribution in [-0.4, -0.2) is 22.9 Å². The monoisotopic (exact) mass is 331 g/mol. The van der Waals surface area contributed by atoms with Gasteiger partial charge in [0, 0.05) is 5.41 Å². The minimum atomic E-state index is -0.532. The number of hydrogen-bond donors (Lipinski definition) is 1. The van der Waals surface area contributed by atoms with E-state index in [0.29, 0.717) is 5.75 Å². The van der Waals surface area contributed by atoms with Gasteiger partial charge in [-0.1, -0.05) is 62.9 Å². The van der Waals surface area contributed by atoms with E-state index in [0.717, 1.165) is 17.3 Å². The molecular formula is C15H22ClNO3S. The summed E-state index contributed by atoms with van der Waals surface area (Å²) in [5.41, 5.74) is 4.29. The predicted octanol–water partition coefficient (Wildman–Crippen LogP) is -1.35. The van der Waals surface area contributed by atoms with E-state index in [1.54, 1.807) is 0 Å². The molecule has 0 unspecified atom stereocenters. The molecule has 0 amide bonds. The van der Waals surface area contributed by atoms with Crippen LogP contribution in [0.25, 0.3) is 0 Å². The maximum absolute atomic E-state index is 11.8. The van der Waals surface area contributed by atoms with Crippen LogP contribution in [0.4, 0.5) is 0 Å². The molecule has 1 rings (SSSR count). The van der Waals surface area contributed by atoms with Crippen molar-refractivity contribution < 1.29 is 32.5 Å². The Morgan fingerprint density at radius 3 is 2.33 bits per heavy atom. The Hall–Kier alpha value is -1.04. The Morgan fingerprint density at radius 2 is 1.81 bits per heavy atom. The van der Waals surface area contributed by atoms with E-state index in [1.165, 1.54) is 0 Å². The molecule has 3 N–H and O–H groups in total. The van der Waals surface area contributed by atoms with Crippen molar-refractivity contribution in [2.45, 2.75) is 33.4 Å². The topological polar surface area (TPSA) is 71.0 Å². The first-order valence-corrected chi connectivity index (χ1v) is 7.50. The van der Waals surface area contributed by atoms with Gasteiger partial charge in [0.25, 0.3) is 0 Å². The summed E-state index contributed by atoms with van der Waals surface area (Å²) in [4.78, 5) is 23.5. The van der Waals surface area contributed by atoms with Crippen molar-refractivity contribution in [3.05, 3.63) is 35.9 Å². The number of halogens is 1. The molecule has 1 aromatic rings. The lowest BCUT2D eigenvalue weighted by Gasteiger charge is -2.16. The van der Waals surface area contributed by atoms with E-state index in [9.17, 15) is 9.59 Å². The van der Waals surface area contributed by atoms with Crippen LogP contribution in [0.1, 0.15) is 26.3 Å². The van der Waals surface area contributed by atoms with Crippen molar-refractivity contribution in [2.24, 2.45) is 5.41 Å². The van der Waals surface area contributed by atoms with Crippen molar-refractivity contribution in [2.75, 3.05) is 5.75 Å². The second-order valence-corrected chi connectivity index (χ2v) is 6.63. The van der Waals surface area contributed by atoms with Gasteiger partial charge in [-0.3, -0.25) is 4.79 Å². The van der Waals surface area contributed by atoms with E-state index in [2.05, 4.69) is 5.73 Å². The summed E-state index contributed by atoms with van der Waals surface area (Å²) < 4.78 is 5.18. The summed E-state index contributed by atoms with van der Waals surface area (Å²) in [6.45, 7) is 5.81. The lowest BCUT2D eigenvalue weighted by molar-refractivity contribution is -0.401. The molecule has 0 aliphatic carbocycles. The molecule has 0 aliphatic rings. The molecule has 0 fully saturated rings. The van der Waals surface area contributed by atoms with Crippen LogP contribution < -0.4 is 18.1 Å². The molecule has 0 aliphatic heterocycles. The standard InChI is InChI=1S/C15H21NO3S.ClH/c1-15(2,3)14(18)20-10-12(16)13(17)19-9-11-7-5-4-6-8-11;/h4-8,12H,9-10,16H2,1-3H3;1H/t12-;/m0./s1. The molecule has 118 valence electrons. The van der Waals surface area contributed by atoms with Gasteiger partial charge in [0.05, 0.1) is 5.75 Å². The number of esters is 1. The van der Waals surface area contributed by atoms with Crippen molar-refractivity contribution >= 4 is 22.8 Å². The molecule has 0 saturated heterocycles.